The number of fused-ring (bicyclic) bond motifs is 1. The molecule has 0 saturated carbocycles. The zero-order chi connectivity index (χ0) is 17.4. The molecular weight excluding hydrogens is 322 g/mol. The number of benzene rings is 2. The van der Waals surface area contributed by atoms with Crippen molar-refractivity contribution in [1.29, 1.82) is 0 Å². The molecular formula is C19H21NO3S. The standard InChI is InChI=1S/C19H21NO3S/c1-14(21)16-8-5-10-17(13-16)24(22,23)20-19(2)12-6-9-15-7-3-4-11-18(15)19/h3-5,7-8,10-11,13,20H,6,9,12H2,1-2H3/t19-/m1/s1. The number of hydrogen-bond donors (Lipinski definition) is 1. The second-order valence-corrected chi connectivity index (χ2v) is 8.21. The van der Waals surface area contributed by atoms with E-state index in [0.717, 1.165) is 24.8 Å². The van der Waals surface area contributed by atoms with Gasteiger partial charge in [0.15, 0.2) is 5.78 Å². The van der Waals surface area contributed by atoms with E-state index in [1.165, 1.54) is 24.6 Å². The van der Waals surface area contributed by atoms with Gasteiger partial charge >= 0.3 is 0 Å². The zero-order valence-corrected chi connectivity index (χ0v) is 14.7. The van der Waals surface area contributed by atoms with Crippen molar-refractivity contribution in [3.8, 4) is 0 Å². The van der Waals surface area contributed by atoms with Crippen LogP contribution in [0.4, 0.5) is 0 Å². The van der Waals surface area contributed by atoms with Crippen LogP contribution < -0.4 is 4.72 Å². The monoisotopic (exact) mass is 343 g/mol. The maximum absolute atomic E-state index is 12.9. The Hall–Kier alpha value is -1.98. The predicted octanol–water partition coefficient (Wildman–Crippen LogP) is 3.42. The highest BCUT2D eigenvalue weighted by Crippen LogP contribution is 2.36. The van der Waals surface area contributed by atoms with Gasteiger partial charge < -0.3 is 0 Å². The molecule has 0 radical (unpaired) electrons. The van der Waals surface area contributed by atoms with Crippen molar-refractivity contribution in [3.05, 3.63) is 65.2 Å². The van der Waals surface area contributed by atoms with Gasteiger partial charge in [0.1, 0.15) is 0 Å². The van der Waals surface area contributed by atoms with Crippen molar-refractivity contribution in [2.75, 3.05) is 0 Å². The molecule has 0 fully saturated rings. The second kappa shape index (κ2) is 6.15. The third-order valence-electron chi connectivity index (χ3n) is 4.65. The van der Waals surface area contributed by atoms with Crippen LogP contribution in [0.1, 0.15) is 48.2 Å². The van der Waals surface area contributed by atoms with Crippen LogP contribution in [0.3, 0.4) is 0 Å². The van der Waals surface area contributed by atoms with Gasteiger partial charge in [-0.25, -0.2) is 13.1 Å². The minimum Gasteiger partial charge on any atom is -0.295 e. The van der Waals surface area contributed by atoms with E-state index in [0.29, 0.717) is 5.56 Å². The van der Waals surface area contributed by atoms with E-state index in [2.05, 4.69) is 10.8 Å². The summed E-state index contributed by atoms with van der Waals surface area (Å²) in [5, 5.41) is 0. The van der Waals surface area contributed by atoms with Gasteiger partial charge in [0.05, 0.1) is 10.4 Å². The van der Waals surface area contributed by atoms with Crippen molar-refractivity contribution < 1.29 is 13.2 Å². The number of nitrogens with one attached hydrogen (secondary N) is 1. The van der Waals surface area contributed by atoms with Crippen LogP contribution in [0.2, 0.25) is 0 Å². The highest BCUT2D eigenvalue weighted by Gasteiger charge is 2.36. The van der Waals surface area contributed by atoms with Gasteiger partial charge in [0.25, 0.3) is 0 Å². The van der Waals surface area contributed by atoms with Gasteiger partial charge in [0.2, 0.25) is 10.0 Å². The second-order valence-electron chi connectivity index (χ2n) is 6.53. The number of Topliss-reactive ketones (excluding diaryl/α,β-unsaturated/α-hetero) is 1. The molecule has 0 unspecified atom stereocenters. The van der Waals surface area contributed by atoms with Gasteiger partial charge in [-0.2, -0.15) is 0 Å². The molecule has 5 heteroatoms. The predicted molar refractivity (Wildman–Crippen MR) is 93.5 cm³/mol. The van der Waals surface area contributed by atoms with Crippen LogP contribution in [-0.4, -0.2) is 14.2 Å². The first-order valence-electron chi connectivity index (χ1n) is 8.05. The average molecular weight is 343 g/mol. The van der Waals surface area contributed by atoms with E-state index < -0.39 is 15.6 Å². The number of carbonyl (C=O) groups is 1. The molecule has 126 valence electrons. The summed E-state index contributed by atoms with van der Waals surface area (Å²) >= 11 is 0. The molecule has 0 heterocycles. The molecule has 4 nitrogen and oxygen atoms in total. The lowest BCUT2D eigenvalue weighted by Gasteiger charge is -2.36. The van der Waals surface area contributed by atoms with E-state index in [1.54, 1.807) is 12.1 Å². The van der Waals surface area contributed by atoms with Crippen molar-refractivity contribution in [1.82, 2.24) is 4.72 Å². The van der Waals surface area contributed by atoms with Crippen LogP contribution in [0.25, 0.3) is 0 Å². The minimum absolute atomic E-state index is 0.125. The summed E-state index contributed by atoms with van der Waals surface area (Å²) < 4.78 is 28.6. The average Bonchev–Trinajstić information content (AvgIpc) is 2.55. The molecule has 1 aliphatic carbocycles. The largest absolute Gasteiger partial charge is 0.295 e. The molecule has 24 heavy (non-hydrogen) atoms. The van der Waals surface area contributed by atoms with Crippen LogP contribution >= 0.6 is 0 Å². The summed E-state index contributed by atoms with van der Waals surface area (Å²) in [7, 11) is -3.72. The Morgan fingerprint density at radius 3 is 2.62 bits per heavy atom. The first-order chi connectivity index (χ1) is 11.3. The SMILES string of the molecule is CC(=O)c1cccc(S(=O)(=O)N[C@]2(C)CCCc3ccccc32)c1. The molecule has 2 aromatic carbocycles. The lowest BCUT2D eigenvalue weighted by atomic mass is 9.79. The van der Waals surface area contributed by atoms with Gasteiger partial charge in [0, 0.05) is 5.56 Å². The van der Waals surface area contributed by atoms with Crippen molar-refractivity contribution in [2.24, 2.45) is 0 Å². The lowest BCUT2D eigenvalue weighted by molar-refractivity contribution is 0.101. The van der Waals surface area contributed by atoms with Crippen LogP contribution in [0.15, 0.2) is 53.4 Å². The molecule has 0 bridgehead atoms. The fourth-order valence-electron chi connectivity index (χ4n) is 3.39. The fraction of sp³-hybridized carbons (Fsp3) is 0.316. The number of hydrogen-bond acceptors (Lipinski definition) is 3. The lowest BCUT2D eigenvalue weighted by Crippen LogP contribution is -2.45. The summed E-state index contributed by atoms with van der Waals surface area (Å²) in [5.74, 6) is -0.152. The van der Waals surface area contributed by atoms with Crippen LogP contribution in [-0.2, 0) is 22.0 Å². The molecule has 0 spiro atoms. The molecule has 1 aliphatic rings. The topological polar surface area (TPSA) is 63.2 Å². The molecule has 3 rings (SSSR count). The van der Waals surface area contributed by atoms with E-state index in [9.17, 15) is 13.2 Å². The summed E-state index contributed by atoms with van der Waals surface area (Å²) in [6.45, 7) is 3.36. The van der Waals surface area contributed by atoms with Gasteiger partial charge in [-0.3, -0.25) is 4.79 Å². The first kappa shape index (κ1) is 16.9. The van der Waals surface area contributed by atoms with Crippen molar-refractivity contribution in [3.63, 3.8) is 0 Å². The maximum atomic E-state index is 12.9. The Kier molecular flexibility index (Phi) is 4.32. The van der Waals surface area contributed by atoms with Gasteiger partial charge in [-0.05, 0) is 56.4 Å². The normalized spacial score (nSPS) is 20.4. The quantitative estimate of drug-likeness (QED) is 0.865. The van der Waals surface area contributed by atoms with E-state index >= 15 is 0 Å². The van der Waals surface area contributed by atoms with Gasteiger partial charge in [-0.1, -0.05) is 36.4 Å². The first-order valence-corrected chi connectivity index (χ1v) is 9.53. The fourth-order valence-corrected chi connectivity index (χ4v) is 4.85. The number of ketones is 1. The molecule has 0 aliphatic heterocycles. The highest BCUT2D eigenvalue weighted by molar-refractivity contribution is 7.89. The Balaban J connectivity index is 1.98. The molecule has 0 aromatic heterocycles. The van der Waals surface area contributed by atoms with Crippen LogP contribution in [0, 0.1) is 0 Å². The van der Waals surface area contributed by atoms with E-state index in [4.69, 9.17) is 0 Å². The molecule has 1 atom stereocenters. The Morgan fingerprint density at radius 2 is 1.88 bits per heavy atom. The van der Waals surface area contributed by atoms with Gasteiger partial charge in [-0.15, -0.1) is 0 Å². The number of sulfonamides is 1. The molecule has 0 saturated heterocycles. The summed E-state index contributed by atoms with van der Waals surface area (Å²) in [4.78, 5) is 11.7. The maximum Gasteiger partial charge on any atom is 0.241 e. The third kappa shape index (κ3) is 3.14. The number of aryl methyl sites for hydroxylation is 1. The summed E-state index contributed by atoms with van der Waals surface area (Å²) in [6.07, 6.45) is 2.65. The van der Waals surface area contributed by atoms with E-state index in [1.807, 2.05) is 25.1 Å². The minimum atomic E-state index is -3.72. The van der Waals surface area contributed by atoms with Crippen molar-refractivity contribution >= 4 is 15.8 Å². The molecule has 0 amide bonds. The van der Waals surface area contributed by atoms with Crippen molar-refractivity contribution in [2.45, 2.75) is 43.5 Å². The zero-order valence-electron chi connectivity index (χ0n) is 13.9. The highest BCUT2D eigenvalue weighted by atomic mass is 32.2. The summed E-state index contributed by atoms with van der Waals surface area (Å²) in [6, 6.07) is 14.1. The Morgan fingerprint density at radius 1 is 1.12 bits per heavy atom. The molecule has 2 aromatic rings. The number of rotatable bonds is 4. The van der Waals surface area contributed by atoms with E-state index in [-0.39, 0.29) is 10.7 Å². The smallest absolute Gasteiger partial charge is 0.241 e. The summed E-state index contributed by atoms with van der Waals surface area (Å²) in [5.41, 5.74) is 1.97. The molecule has 1 N–H and O–H groups in total. The number of carbonyl (C=O) groups excluding carboxylic acids is 1. The Labute approximate surface area is 143 Å². The third-order valence-corrected chi connectivity index (χ3v) is 6.24. The van der Waals surface area contributed by atoms with Crippen LogP contribution in [0.5, 0.6) is 0 Å². The Bertz CT molecular complexity index is 889.